The van der Waals surface area contributed by atoms with Gasteiger partial charge >= 0.3 is 18.2 Å². The number of imide groups is 1. The Morgan fingerprint density at radius 3 is 2.36 bits per heavy atom. The monoisotopic (exact) mass is 159 g/mol. The summed E-state index contributed by atoms with van der Waals surface area (Å²) in [6, 6.07) is -1.03. The number of rotatable bonds is 0. The molecule has 1 fully saturated rings. The van der Waals surface area contributed by atoms with Crippen LogP contribution in [0.2, 0.25) is 0 Å². The van der Waals surface area contributed by atoms with Crippen LogP contribution in [0.25, 0.3) is 0 Å². The van der Waals surface area contributed by atoms with E-state index >= 15 is 0 Å². The second-order valence-corrected chi connectivity index (χ2v) is 2.02. The van der Waals surface area contributed by atoms with Crippen molar-refractivity contribution in [3.05, 3.63) is 0 Å². The van der Waals surface area contributed by atoms with Crippen LogP contribution in [0.3, 0.4) is 0 Å². The highest BCUT2D eigenvalue weighted by molar-refractivity contribution is 6.03. The summed E-state index contributed by atoms with van der Waals surface area (Å²) in [5.74, 6) is -0.836. The first-order valence-corrected chi connectivity index (χ1v) is 2.82. The lowest BCUT2D eigenvalue weighted by atomic mass is 10.3. The molecule has 1 aliphatic rings. The maximum absolute atomic E-state index is 10.6. The first-order chi connectivity index (χ1) is 5.04. The van der Waals surface area contributed by atoms with Crippen molar-refractivity contribution in [2.24, 2.45) is 0 Å². The molecular formula is C5H5NO5. The van der Waals surface area contributed by atoms with Crippen LogP contribution in [0.1, 0.15) is 6.92 Å². The van der Waals surface area contributed by atoms with Gasteiger partial charge in [0.05, 0.1) is 0 Å². The van der Waals surface area contributed by atoms with Gasteiger partial charge in [-0.25, -0.2) is 14.4 Å². The van der Waals surface area contributed by atoms with Gasteiger partial charge in [-0.2, -0.15) is 4.90 Å². The standard InChI is InChI=1S/C5H5NO5/c1-2-3(7)11-5(10)6(2)4(8)9/h2H,1H3,(H,8,9). The van der Waals surface area contributed by atoms with Gasteiger partial charge in [0.25, 0.3) is 0 Å². The maximum atomic E-state index is 10.6. The number of nitrogens with zero attached hydrogens (tertiary/aromatic N) is 1. The number of amides is 2. The van der Waals surface area contributed by atoms with Gasteiger partial charge in [-0.05, 0) is 6.92 Å². The van der Waals surface area contributed by atoms with E-state index < -0.39 is 24.2 Å². The molecule has 0 aliphatic carbocycles. The average molecular weight is 159 g/mol. The van der Waals surface area contributed by atoms with Crippen LogP contribution in [0, 0.1) is 0 Å². The number of hydrogen-bond acceptors (Lipinski definition) is 4. The Balaban J connectivity index is 2.88. The summed E-state index contributed by atoms with van der Waals surface area (Å²) >= 11 is 0. The number of carbonyl (C=O) groups excluding carboxylic acids is 2. The highest BCUT2D eigenvalue weighted by atomic mass is 16.6. The fraction of sp³-hybridized carbons (Fsp3) is 0.400. The number of hydrogen-bond donors (Lipinski definition) is 1. The van der Waals surface area contributed by atoms with Crippen molar-refractivity contribution < 1.29 is 24.2 Å². The molecule has 11 heavy (non-hydrogen) atoms. The Labute approximate surface area is 61.3 Å². The van der Waals surface area contributed by atoms with E-state index in [9.17, 15) is 14.4 Å². The largest absolute Gasteiger partial charge is 0.464 e. The molecule has 1 rings (SSSR count). The number of carbonyl (C=O) groups is 3. The van der Waals surface area contributed by atoms with Crippen LogP contribution >= 0.6 is 0 Å². The Hall–Kier alpha value is -1.59. The van der Waals surface area contributed by atoms with Crippen LogP contribution in [-0.4, -0.2) is 34.2 Å². The summed E-state index contributed by atoms with van der Waals surface area (Å²) in [6.07, 6.45) is -2.61. The average Bonchev–Trinajstić information content (AvgIpc) is 2.07. The van der Waals surface area contributed by atoms with Crippen LogP contribution in [-0.2, 0) is 9.53 Å². The summed E-state index contributed by atoms with van der Waals surface area (Å²) in [5, 5.41) is 8.34. The second kappa shape index (κ2) is 2.22. The molecule has 2 amide bonds. The molecule has 6 heteroatoms. The molecular weight excluding hydrogens is 154 g/mol. The molecule has 1 saturated heterocycles. The highest BCUT2D eigenvalue weighted by Gasteiger charge is 2.42. The Kier molecular flexibility index (Phi) is 1.52. The molecule has 1 atom stereocenters. The van der Waals surface area contributed by atoms with E-state index in [4.69, 9.17) is 5.11 Å². The molecule has 0 aromatic rings. The van der Waals surface area contributed by atoms with E-state index in [0.717, 1.165) is 0 Å². The number of ether oxygens (including phenoxy) is 1. The molecule has 60 valence electrons. The molecule has 0 spiro atoms. The molecule has 0 saturated carbocycles. The molecule has 0 aromatic carbocycles. The lowest BCUT2D eigenvalue weighted by Crippen LogP contribution is -2.36. The molecule has 0 bridgehead atoms. The molecule has 1 heterocycles. The molecule has 0 radical (unpaired) electrons. The lowest BCUT2D eigenvalue weighted by molar-refractivity contribution is -0.135. The predicted molar refractivity (Wildman–Crippen MR) is 30.8 cm³/mol. The normalized spacial score (nSPS) is 23.7. The van der Waals surface area contributed by atoms with Gasteiger partial charge in [-0.1, -0.05) is 0 Å². The van der Waals surface area contributed by atoms with Gasteiger partial charge in [0.1, 0.15) is 6.04 Å². The van der Waals surface area contributed by atoms with E-state index in [0.29, 0.717) is 4.90 Å². The number of cyclic esters (lactones) is 2. The smallest absolute Gasteiger partial charge is 0.427 e. The SMILES string of the molecule is CC1C(=O)OC(=O)N1C(=O)O. The summed E-state index contributed by atoms with van der Waals surface area (Å²) in [7, 11) is 0. The highest BCUT2D eigenvalue weighted by Crippen LogP contribution is 2.12. The zero-order valence-corrected chi connectivity index (χ0v) is 5.60. The maximum Gasteiger partial charge on any atom is 0.427 e. The second-order valence-electron chi connectivity index (χ2n) is 2.02. The first kappa shape index (κ1) is 7.52. The summed E-state index contributed by atoms with van der Waals surface area (Å²) in [4.78, 5) is 31.7. The summed E-state index contributed by atoms with van der Waals surface area (Å²) < 4.78 is 4.01. The van der Waals surface area contributed by atoms with Gasteiger partial charge in [0.2, 0.25) is 0 Å². The Morgan fingerprint density at radius 2 is 2.18 bits per heavy atom. The van der Waals surface area contributed by atoms with Crippen molar-refractivity contribution in [1.29, 1.82) is 0 Å². The van der Waals surface area contributed by atoms with Gasteiger partial charge in [-0.3, -0.25) is 0 Å². The minimum Gasteiger partial charge on any atom is -0.464 e. The van der Waals surface area contributed by atoms with Crippen molar-refractivity contribution >= 4 is 18.2 Å². The summed E-state index contributed by atoms with van der Waals surface area (Å²) in [5.41, 5.74) is 0. The van der Waals surface area contributed by atoms with Gasteiger partial charge in [0, 0.05) is 0 Å². The van der Waals surface area contributed by atoms with Crippen molar-refractivity contribution in [2.45, 2.75) is 13.0 Å². The van der Waals surface area contributed by atoms with Gasteiger partial charge < -0.3 is 9.84 Å². The quantitative estimate of drug-likeness (QED) is 0.398. The van der Waals surface area contributed by atoms with E-state index in [1.807, 2.05) is 0 Å². The predicted octanol–water partition coefficient (Wildman–Crippen LogP) is 0.0317. The van der Waals surface area contributed by atoms with Crippen LogP contribution < -0.4 is 0 Å². The lowest BCUT2D eigenvalue weighted by Gasteiger charge is -2.07. The summed E-state index contributed by atoms with van der Waals surface area (Å²) in [6.45, 7) is 1.28. The number of carboxylic acid groups (broad SMARTS) is 1. The molecule has 6 nitrogen and oxygen atoms in total. The minimum atomic E-state index is -1.48. The fourth-order valence-electron chi connectivity index (χ4n) is 0.728. The van der Waals surface area contributed by atoms with Crippen LogP contribution in [0.4, 0.5) is 9.59 Å². The van der Waals surface area contributed by atoms with Gasteiger partial charge in [-0.15, -0.1) is 0 Å². The van der Waals surface area contributed by atoms with Crippen molar-refractivity contribution in [3.63, 3.8) is 0 Å². The molecule has 1 N–H and O–H groups in total. The van der Waals surface area contributed by atoms with E-state index in [1.54, 1.807) is 0 Å². The number of esters is 1. The zero-order chi connectivity index (χ0) is 8.59. The van der Waals surface area contributed by atoms with Crippen molar-refractivity contribution in [2.75, 3.05) is 0 Å². The molecule has 1 aliphatic heterocycles. The van der Waals surface area contributed by atoms with Crippen LogP contribution in [0.15, 0.2) is 0 Å². The van der Waals surface area contributed by atoms with Crippen molar-refractivity contribution in [3.8, 4) is 0 Å². The Morgan fingerprint density at radius 1 is 1.64 bits per heavy atom. The zero-order valence-electron chi connectivity index (χ0n) is 5.60. The van der Waals surface area contributed by atoms with Crippen LogP contribution in [0.5, 0.6) is 0 Å². The van der Waals surface area contributed by atoms with E-state index in [1.165, 1.54) is 6.92 Å². The third-order valence-electron chi connectivity index (χ3n) is 1.32. The molecule has 1 unspecified atom stereocenters. The van der Waals surface area contributed by atoms with Crippen molar-refractivity contribution in [1.82, 2.24) is 4.90 Å². The molecule has 0 aromatic heterocycles. The third-order valence-corrected chi connectivity index (χ3v) is 1.32. The third kappa shape index (κ3) is 1.02. The topological polar surface area (TPSA) is 83.9 Å². The first-order valence-electron chi connectivity index (χ1n) is 2.82. The van der Waals surface area contributed by atoms with Gasteiger partial charge in [0.15, 0.2) is 0 Å². The fourth-order valence-corrected chi connectivity index (χ4v) is 0.728. The minimum absolute atomic E-state index is 0.336. The van der Waals surface area contributed by atoms with E-state index in [2.05, 4.69) is 4.74 Å². The van der Waals surface area contributed by atoms with E-state index in [-0.39, 0.29) is 0 Å². The Bertz CT molecular complexity index is 235.